The van der Waals surface area contributed by atoms with Crippen molar-refractivity contribution in [2.45, 2.75) is 110 Å². The summed E-state index contributed by atoms with van der Waals surface area (Å²) in [6, 6.07) is 0. The van der Waals surface area contributed by atoms with Gasteiger partial charge in [-0.1, -0.05) is 78.6 Å². The van der Waals surface area contributed by atoms with Gasteiger partial charge in [0.1, 0.15) is 20.2 Å². The van der Waals surface area contributed by atoms with Crippen molar-refractivity contribution in [1.82, 2.24) is 0 Å². The molecule has 0 saturated carbocycles. The van der Waals surface area contributed by atoms with Crippen LogP contribution in [0.4, 0.5) is 0 Å². The highest BCUT2D eigenvalue weighted by Crippen LogP contribution is 2.30. The molecule has 188 valence electrons. The number of aliphatic hydroxyl groups is 1. The first-order chi connectivity index (χ1) is 14.8. The predicted molar refractivity (Wildman–Crippen MR) is 128 cm³/mol. The van der Waals surface area contributed by atoms with Gasteiger partial charge >= 0.3 is 0 Å². The molecule has 0 aliphatic carbocycles. The first-order valence-corrected chi connectivity index (χ1v) is 14.7. The molecular weight excluding hydrogens is 413 g/mol. The summed E-state index contributed by atoms with van der Waals surface area (Å²) in [6.07, 6.45) is 14.6. The van der Waals surface area contributed by atoms with Gasteiger partial charge < -0.3 is 28.7 Å². The Balaban J connectivity index is 4.05. The first kappa shape index (κ1) is 31.0. The molecule has 0 amide bonds. The molecule has 0 saturated heterocycles. The maximum absolute atomic E-state index is 11.1. The van der Waals surface area contributed by atoms with E-state index in [9.17, 15) is 14.6 Å². The zero-order valence-corrected chi connectivity index (χ0v) is 21.6. The number of hydrogen-bond donors (Lipinski definition) is 2. The minimum Gasteiger partial charge on any atom is -0.779 e. The second-order valence-corrected chi connectivity index (χ2v) is 11.0. The van der Waals surface area contributed by atoms with Crippen LogP contribution in [0.2, 0.25) is 0 Å². The molecule has 0 spiro atoms. The van der Waals surface area contributed by atoms with Gasteiger partial charge in [-0.2, -0.15) is 0 Å². The number of aliphatic hydroxyl groups excluding tert-OH is 1. The third-order valence-electron chi connectivity index (χ3n) is 6.02. The molecule has 0 bridgehead atoms. The molecule has 0 fully saturated rings. The summed E-state index contributed by atoms with van der Waals surface area (Å²) >= 11 is 0. The monoisotopic (exact) mass is 465 g/mol. The molecule has 0 aliphatic heterocycles. The molecule has 0 heterocycles. The average molecular weight is 466 g/mol. The fourth-order valence-corrected chi connectivity index (χ4v) is 5.12. The number of hydrogen-bond acceptors (Lipinski definition) is 4. The smallest absolute Gasteiger partial charge is 0.132 e. The van der Waals surface area contributed by atoms with Gasteiger partial charge in [0.05, 0.1) is 26.2 Å². The fraction of sp³-hybridized carbons (Fsp3) is 1.00. The van der Waals surface area contributed by atoms with Gasteiger partial charge in [0.25, 0.3) is 0 Å². The second-order valence-electron chi connectivity index (χ2n) is 9.32. The second kappa shape index (κ2) is 19.5. The van der Waals surface area contributed by atoms with Crippen LogP contribution in [-0.4, -0.2) is 66.1 Å². The number of quaternary nitrogens is 1. The van der Waals surface area contributed by atoms with Crippen molar-refractivity contribution >= 4 is 7.60 Å². The topological polar surface area (TPSA) is 89.8 Å². The molecule has 0 aromatic carbocycles. The van der Waals surface area contributed by atoms with E-state index < -0.39 is 13.7 Å². The van der Waals surface area contributed by atoms with Crippen LogP contribution in [0, 0.1) is 0 Å². The van der Waals surface area contributed by atoms with Crippen LogP contribution in [-0.2, 0) is 9.30 Å². The third kappa shape index (κ3) is 19.2. The number of nitrogens with zero attached hydrogens (tertiary/aromatic N) is 1. The van der Waals surface area contributed by atoms with Crippen LogP contribution in [0.15, 0.2) is 0 Å². The summed E-state index contributed by atoms with van der Waals surface area (Å²) in [5, 5.41) is 10.6. The van der Waals surface area contributed by atoms with Crippen molar-refractivity contribution in [2.75, 3.05) is 45.6 Å². The highest BCUT2D eigenvalue weighted by molar-refractivity contribution is 7.50. The molecule has 2 unspecified atom stereocenters. The number of rotatable bonds is 23. The predicted octanol–water partition coefficient (Wildman–Crippen LogP) is 4.86. The zero-order valence-electron chi connectivity index (χ0n) is 20.7. The van der Waals surface area contributed by atoms with Crippen LogP contribution in [0.3, 0.4) is 0 Å². The van der Waals surface area contributed by atoms with Crippen LogP contribution in [0.5, 0.6) is 0 Å². The Morgan fingerprint density at radius 2 is 1.32 bits per heavy atom. The average Bonchev–Trinajstić information content (AvgIpc) is 2.68. The van der Waals surface area contributed by atoms with E-state index in [1.807, 2.05) is 0 Å². The van der Waals surface area contributed by atoms with E-state index in [-0.39, 0.29) is 6.16 Å². The number of ether oxygens (including phenoxy) is 1. The molecular formula is C24H52NO5P. The maximum Gasteiger partial charge on any atom is 0.132 e. The molecule has 0 aromatic rings. The van der Waals surface area contributed by atoms with E-state index in [1.54, 1.807) is 0 Å². The summed E-state index contributed by atoms with van der Waals surface area (Å²) in [7, 11) is -4.21. The lowest BCUT2D eigenvalue weighted by Crippen LogP contribution is -2.54. The highest BCUT2D eigenvalue weighted by Gasteiger charge is 2.29. The van der Waals surface area contributed by atoms with E-state index >= 15 is 0 Å². The van der Waals surface area contributed by atoms with Gasteiger partial charge in [-0.3, -0.25) is 0 Å². The molecule has 7 heteroatoms. The van der Waals surface area contributed by atoms with Gasteiger partial charge in [0.15, 0.2) is 0 Å². The normalized spacial score (nSPS) is 15.2. The van der Waals surface area contributed by atoms with Crippen molar-refractivity contribution in [1.29, 1.82) is 0 Å². The molecule has 0 aromatic heterocycles. The lowest BCUT2D eigenvalue weighted by Gasteiger charge is -2.40. The largest absolute Gasteiger partial charge is 0.779 e. The van der Waals surface area contributed by atoms with Gasteiger partial charge in [0, 0.05) is 19.2 Å². The fourth-order valence-electron chi connectivity index (χ4n) is 4.57. The lowest BCUT2D eigenvalue weighted by atomic mass is 10.1. The summed E-state index contributed by atoms with van der Waals surface area (Å²) in [5.41, 5.74) is 0. The molecule has 6 nitrogen and oxygen atoms in total. The molecule has 31 heavy (non-hydrogen) atoms. The lowest BCUT2D eigenvalue weighted by molar-refractivity contribution is -0.931. The summed E-state index contributed by atoms with van der Waals surface area (Å²) < 4.78 is 17.5. The Bertz CT molecular complexity index is 438. The third-order valence-corrected chi connectivity index (χ3v) is 6.90. The molecule has 2 N–H and O–H groups in total. The van der Waals surface area contributed by atoms with Gasteiger partial charge in [-0.15, -0.1) is 0 Å². The van der Waals surface area contributed by atoms with Crippen molar-refractivity contribution in [3.63, 3.8) is 0 Å². The van der Waals surface area contributed by atoms with Crippen molar-refractivity contribution < 1.29 is 28.7 Å². The SMILES string of the molecule is CCCCCCCCCCCCOCC(O)C[N+](CCC)(CCC)CCCP(=O)([O-])O. The van der Waals surface area contributed by atoms with Gasteiger partial charge in [-0.05, 0) is 19.3 Å². The Hall–Kier alpha value is 0.0300. The first-order valence-electron chi connectivity index (χ1n) is 12.9. The van der Waals surface area contributed by atoms with Crippen LogP contribution in [0.1, 0.15) is 104 Å². The molecule has 0 radical (unpaired) electrons. The van der Waals surface area contributed by atoms with Crippen molar-refractivity contribution in [2.24, 2.45) is 0 Å². The zero-order chi connectivity index (χ0) is 23.4. The van der Waals surface area contributed by atoms with E-state index in [0.29, 0.717) is 37.2 Å². The molecule has 2 atom stereocenters. The Kier molecular flexibility index (Phi) is 19.5. The Morgan fingerprint density at radius 1 is 0.806 bits per heavy atom. The summed E-state index contributed by atoms with van der Waals surface area (Å²) in [4.78, 5) is 20.2. The summed E-state index contributed by atoms with van der Waals surface area (Å²) in [5.74, 6) is 0. The van der Waals surface area contributed by atoms with Crippen molar-refractivity contribution in [3.8, 4) is 0 Å². The van der Waals surface area contributed by atoms with E-state index in [2.05, 4.69) is 20.8 Å². The minimum atomic E-state index is -4.21. The van der Waals surface area contributed by atoms with Crippen LogP contribution < -0.4 is 4.89 Å². The standard InChI is InChI=1S/C24H52NO5P/c1-4-7-8-9-10-11-12-13-14-15-20-30-23-24(26)22-25(17-5-2,18-6-3)19-16-21-31(27,28)29/h24,26H,4-23H2,1-3H3,(H-,27,28,29). The minimum absolute atomic E-state index is 0.189. The van der Waals surface area contributed by atoms with Crippen LogP contribution >= 0.6 is 7.60 Å². The van der Waals surface area contributed by atoms with E-state index in [1.165, 1.54) is 57.8 Å². The Labute approximate surface area is 192 Å². The molecule has 0 rings (SSSR count). The van der Waals surface area contributed by atoms with E-state index in [0.717, 1.165) is 32.4 Å². The number of unbranched alkanes of at least 4 members (excludes halogenated alkanes) is 9. The Morgan fingerprint density at radius 3 is 1.81 bits per heavy atom. The van der Waals surface area contributed by atoms with E-state index in [4.69, 9.17) is 9.63 Å². The maximum atomic E-state index is 11.1. The molecule has 0 aliphatic rings. The van der Waals surface area contributed by atoms with Gasteiger partial charge in [-0.25, -0.2) is 0 Å². The van der Waals surface area contributed by atoms with Gasteiger partial charge in [0.2, 0.25) is 0 Å². The highest BCUT2D eigenvalue weighted by atomic mass is 31.2. The summed E-state index contributed by atoms with van der Waals surface area (Å²) in [6.45, 7) is 10.5. The van der Waals surface area contributed by atoms with Crippen molar-refractivity contribution in [3.05, 3.63) is 0 Å². The quantitative estimate of drug-likeness (QED) is 0.128. The van der Waals surface area contributed by atoms with Crippen LogP contribution in [0.25, 0.3) is 0 Å².